The first-order valence-electron chi connectivity index (χ1n) is 48.1. The van der Waals surface area contributed by atoms with Crippen molar-refractivity contribution in [3.63, 3.8) is 0 Å². The summed E-state index contributed by atoms with van der Waals surface area (Å²) in [5.74, 6) is 5.31. The molecule has 0 fully saturated rings. The molecule has 27 rings (SSSR count). The number of aromatic nitrogens is 21. The molecule has 27 aromatic rings. The third-order valence-corrected chi connectivity index (χ3v) is 26.3. The molecule has 0 unspecified atom stereocenters. The van der Waals surface area contributed by atoms with Gasteiger partial charge in [0.25, 0.3) is 0 Å². The highest BCUT2D eigenvalue weighted by Crippen LogP contribution is 2.45. The Kier molecular flexibility index (Phi) is 22.6. The maximum absolute atomic E-state index is 14.2. The van der Waals surface area contributed by atoms with Crippen molar-refractivity contribution in [3.05, 3.63) is 476 Å². The molecule has 0 bridgehead atoms. The van der Waals surface area contributed by atoms with Gasteiger partial charge in [0.15, 0.2) is 39.6 Å². The quantitative estimate of drug-likeness (QED) is 0.0818. The molecule has 710 valence electrons. The molecule has 0 aliphatic carbocycles. The van der Waals surface area contributed by atoms with Gasteiger partial charge in [-0.3, -0.25) is 36.5 Å². The Morgan fingerprint density at radius 2 is 0.520 bits per heavy atom. The maximum atomic E-state index is 14.2. The highest BCUT2D eigenvalue weighted by atomic mass is 19.4. The minimum Gasteiger partial charge on any atom is -0.292 e. The van der Waals surface area contributed by atoms with Crippen LogP contribution in [0, 0.1) is 38.3 Å². The number of aryl methyl sites for hydroxylation is 2. The molecule has 0 amide bonds. The third kappa shape index (κ3) is 16.5. The highest BCUT2D eigenvalue weighted by Gasteiger charge is 2.33. The van der Waals surface area contributed by atoms with E-state index in [1.54, 1.807) is 59.8 Å². The van der Waals surface area contributed by atoms with Gasteiger partial charge in [-0.05, 0) is 268 Å². The minimum absolute atomic E-state index is 0.347. The van der Waals surface area contributed by atoms with E-state index in [-0.39, 0.29) is 0 Å². The van der Waals surface area contributed by atoms with E-state index in [4.69, 9.17) is 68.0 Å². The molecular weight excluding hydrogens is 1870 g/mol. The number of nitrogens with zero attached hydrogens (tertiary/aromatic N) is 24. The van der Waals surface area contributed by atoms with Crippen LogP contribution in [-0.2, 0) is 6.18 Å². The molecule has 0 spiro atoms. The average molecular weight is 1950 g/mol. The third-order valence-electron chi connectivity index (χ3n) is 26.3. The van der Waals surface area contributed by atoms with Crippen molar-refractivity contribution in [2.75, 3.05) is 0 Å². The second kappa shape index (κ2) is 37.6. The molecule has 0 N–H and O–H groups in total. The maximum Gasteiger partial charge on any atom is 0.416 e. The van der Waals surface area contributed by atoms with E-state index in [1.807, 2.05) is 256 Å². The van der Waals surface area contributed by atoms with Gasteiger partial charge in [-0.2, -0.15) is 18.4 Å². The number of pyridine rings is 5. The smallest absolute Gasteiger partial charge is 0.292 e. The van der Waals surface area contributed by atoms with Gasteiger partial charge in [0, 0.05) is 115 Å². The Morgan fingerprint density at radius 1 is 0.240 bits per heavy atom. The van der Waals surface area contributed by atoms with Crippen molar-refractivity contribution in [3.8, 4) is 143 Å². The number of benzene rings is 14. The van der Waals surface area contributed by atoms with E-state index in [0.29, 0.717) is 124 Å². The van der Waals surface area contributed by atoms with Crippen LogP contribution in [0.5, 0.6) is 0 Å². The largest absolute Gasteiger partial charge is 0.416 e. The van der Waals surface area contributed by atoms with Crippen molar-refractivity contribution in [1.82, 2.24) is 101 Å². The summed E-state index contributed by atoms with van der Waals surface area (Å²) in [6, 6.07) is 130. The minimum atomic E-state index is -4.52. The first-order chi connectivity index (χ1) is 73.6. The van der Waals surface area contributed by atoms with Gasteiger partial charge in [-0.1, -0.05) is 158 Å². The lowest BCUT2D eigenvalue weighted by Crippen LogP contribution is -2.07. The van der Waals surface area contributed by atoms with Crippen LogP contribution in [0.1, 0.15) is 22.3 Å². The standard InChI is InChI=1S/C48H33F3N6.C45H24N12.C30H20N6/c1-30-12-9-15-36(24-30)55-42-21-6-3-18-39(42)52-45(55)32-26-33(46-53-40-19-4-7-22-43(40)56(46)37-16-10-13-31(2)25-37)28-34(27-32)47-54-41-20-5-8-23-44(41)57(47)38-17-11-14-35(29-38)48(49,50)51;1-47-32-10-4-13-35(25-32)56-41(53-38-16-7-19-50-44(38)56)30-22-29(40-52-37-15-6-18-49-43(37)55(40)34-12-3-9-28(21-34)27-46)23-31(24-30)42-54-39-17-8-20-51-45(39)57(42)36-14-5-11-33(26-36)48-2;1-3-9-23(10-4-1)35-25-13-7-19-31-27(25)33-29(35)21-15-17-22(18-16-21)30-34-28-26(14-8-20-32-28)36(30)24-11-5-2-6-12-24/h3-29H,1-2H3;3-26H;1-20H. The molecule has 0 radical (unpaired) electrons. The fourth-order valence-corrected chi connectivity index (χ4v) is 19.7. The first kappa shape index (κ1) is 90.1. The number of fused-ring (bicyclic) bond motifs is 8. The van der Waals surface area contributed by atoms with Gasteiger partial charge < -0.3 is 0 Å². The van der Waals surface area contributed by atoms with E-state index in [1.165, 1.54) is 12.1 Å². The second-order valence-corrected chi connectivity index (χ2v) is 35.9. The molecule has 0 atom stereocenters. The number of rotatable bonds is 16. The average Bonchev–Trinajstić information content (AvgIpc) is 1.58. The lowest BCUT2D eigenvalue weighted by molar-refractivity contribution is -0.137. The molecule has 13 aromatic heterocycles. The predicted molar refractivity (Wildman–Crippen MR) is 581 cm³/mol. The van der Waals surface area contributed by atoms with E-state index in [2.05, 4.69) is 173 Å². The molecule has 0 saturated heterocycles. The van der Waals surface area contributed by atoms with Gasteiger partial charge in [0.2, 0.25) is 0 Å². The van der Waals surface area contributed by atoms with Crippen molar-refractivity contribution in [1.29, 1.82) is 5.26 Å². The number of para-hydroxylation sites is 8. The molecule has 13 heterocycles. The van der Waals surface area contributed by atoms with Crippen LogP contribution in [-0.4, -0.2) is 101 Å². The second-order valence-electron chi connectivity index (χ2n) is 35.9. The Labute approximate surface area is 853 Å². The fourth-order valence-electron chi connectivity index (χ4n) is 19.7. The molecule has 0 saturated carbocycles. The number of hydrogen-bond donors (Lipinski definition) is 0. The van der Waals surface area contributed by atoms with Gasteiger partial charge in [-0.25, -0.2) is 74.5 Å². The van der Waals surface area contributed by atoms with E-state index < -0.39 is 11.7 Å². The van der Waals surface area contributed by atoms with Crippen LogP contribution in [0.4, 0.5) is 24.5 Å². The van der Waals surface area contributed by atoms with Crippen molar-refractivity contribution in [2.24, 2.45) is 0 Å². The highest BCUT2D eigenvalue weighted by molar-refractivity contribution is 5.94. The van der Waals surface area contributed by atoms with Crippen molar-refractivity contribution < 1.29 is 13.2 Å². The normalized spacial score (nSPS) is 11.5. The number of imidazole rings is 8. The van der Waals surface area contributed by atoms with Gasteiger partial charge in [-0.15, -0.1) is 0 Å². The molecule has 24 nitrogen and oxygen atoms in total. The van der Waals surface area contributed by atoms with E-state index in [0.717, 1.165) is 135 Å². The van der Waals surface area contributed by atoms with Gasteiger partial charge in [0.05, 0.1) is 80.2 Å². The van der Waals surface area contributed by atoms with E-state index >= 15 is 0 Å². The fraction of sp³-hybridized carbons (Fsp3) is 0.0244. The van der Waals surface area contributed by atoms with Gasteiger partial charge in [0.1, 0.15) is 63.1 Å². The lowest BCUT2D eigenvalue weighted by Gasteiger charge is -2.16. The predicted octanol–water partition coefficient (Wildman–Crippen LogP) is 28.7. The summed E-state index contributed by atoms with van der Waals surface area (Å²) in [6.45, 7) is 19.6. The van der Waals surface area contributed by atoms with Crippen LogP contribution in [0.15, 0.2) is 431 Å². The summed E-state index contributed by atoms with van der Waals surface area (Å²) in [6.07, 6.45) is 4.20. The number of alkyl halides is 3. The van der Waals surface area contributed by atoms with Crippen molar-refractivity contribution in [2.45, 2.75) is 20.0 Å². The SMILES string of the molecule is Cc1cccc(-n2c(-c3cc(-c4nc5ccccc5n4-c4cccc(C)c4)cc(-c4nc5ccccc5n4-c4cccc(C(F)(F)F)c4)c3)nc3ccccc32)c1.[C-]#[N+]c1cccc(-n2c(-c3cc(-c4nc5cccnc5n4-c4cccc(C#N)c4)cc(-c4nc5cccnc5n4-c4cccc([N+]#[C-])c4)c3)nc3cccnc32)c1.c1ccc(-n2c(-c3ccc(-c4nc5ncccc5n4-c4ccccc4)cc3)nc3ncccc32)cc1. The Hall–Kier alpha value is -21.1. The zero-order valence-electron chi connectivity index (χ0n) is 79.9. The number of hydrogen-bond acceptors (Lipinski definition) is 14. The van der Waals surface area contributed by atoms with Crippen LogP contribution >= 0.6 is 0 Å². The Morgan fingerprint density at radius 3 is 0.887 bits per heavy atom. The summed E-state index contributed by atoms with van der Waals surface area (Å²) >= 11 is 0. The number of nitriles is 1. The van der Waals surface area contributed by atoms with Crippen LogP contribution < -0.4 is 0 Å². The van der Waals surface area contributed by atoms with Gasteiger partial charge >= 0.3 is 6.18 Å². The van der Waals surface area contributed by atoms with Crippen LogP contribution in [0.25, 0.3) is 235 Å². The van der Waals surface area contributed by atoms with Crippen LogP contribution in [0.2, 0.25) is 0 Å². The molecule has 0 aliphatic rings. The number of halogens is 3. The molecular formula is C123H77F3N24. The lowest BCUT2D eigenvalue weighted by atomic mass is 10.0. The molecule has 14 aromatic carbocycles. The summed E-state index contributed by atoms with van der Waals surface area (Å²) < 4.78 is 58.8. The zero-order chi connectivity index (χ0) is 101. The summed E-state index contributed by atoms with van der Waals surface area (Å²) in [5, 5.41) is 9.86. The van der Waals surface area contributed by atoms with Crippen LogP contribution in [0.3, 0.4) is 0 Å². The first-order valence-corrected chi connectivity index (χ1v) is 48.1. The molecule has 0 aliphatic heterocycles. The van der Waals surface area contributed by atoms with E-state index in [9.17, 15) is 18.4 Å². The van der Waals surface area contributed by atoms with Crippen molar-refractivity contribution >= 4 is 100 Å². The Balaban J connectivity index is 0.000000120. The Bertz CT molecular complexity index is 9500. The molecule has 27 heteroatoms. The zero-order valence-corrected chi connectivity index (χ0v) is 79.9. The topological polar surface area (TPSA) is 240 Å². The summed E-state index contributed by atoms with van der Waals surface area (Å²) in [5.41, 5.74) is 27.9. The summed E-state index contributed by atoms with van der Waals surface area (Å²) in [7, 11) is 0. The summed E-state index contributed by atoms with van der Waals surface area (Å²) in [4.78, 5) is 71.4. The monoisotopic (exact) mass is 1950 g/mol. The molecule has 150 heavy (non-hydrogen) atoms.